The predicted octanol–water partition coefficient (Wildman–Crippen LogP) is 6.24. The maximum atomic E-state index is 6.27. The standard InChI is InChI=1S/C21H24I2O2/c1-20(16-3-7-18(22)8-4-16)11-13-21(14-12-20,25-15-24-2)17-5-9-19(23)10-6-17/h3-10H,11-15H2,1-2H3. The Morgan fingerprint density at radius 2 is 1.28 bits per heavy atom. The Morgan fingerprint density at radius 3 is 1.76 bits per heavy atom. The van der Waals surface area contributed by atoms with Gasteiger partial charge < -0.3 is 9.47 Å². The maximum absolute atomic E-state index is 6.27. The van der Waals surface area contributed by atoms with Crippen LogP contribution in [-0.2, 0) is 20.5 Å². The van der Waals surface area contributed by atoms with Crippen molar-refractivity contribution >= 4 is 45.2 Å². The molecule has 134 valence electrons. The van der Waals surface area contributed by atoms with E-state index in [1.807, 2.05) is 0 Å². The van der Waals surface area contributed by atoms with Crippen molar-refractivity contribution < 1.29 is 9.47 Å². The van der Waals surface area contributed by atoms with Crippen LogP contribution in [0.25, 0.3) is 0 Å². The van der Waals surface area contributed by atoms with Crippen molar-refractivity contribution in [3.05, 3.63) is 66.8 Å². The second-order valence-corrected chi connectivity index (χ2v) is 9.61. The molecule has 2 nitrogen and oxygen atoms in total. The van der Waals surface area contributed by atoms with E-state index >= 15 is 0 Å². The van der Waals surface area contributed by atoms with Gasteiger partial charge in [0.05, 0.1) is 5.60 Å². The first-order valence-corrected chi connectivity index (χ1v) is 10.8. The topological polar surface area (TPSA) is 18.5 Å². The molecule has 4 heteroatoms. The van der Waals surface area contributed by atoms with Crippen LogP contribution in [0.15, 0.2) is 48.5 Å². The van der Waals surface area contributed by atoms with Crippen molar-refractivity contribution in [3.8, 4) is 0 Å². The van der Waals surface area contributed by atoms with Crippen molar-refractivity contribution in [2.45, 2.75) is 43.6 Å². The molecular formula is C21H24I2O2. The van der Waals surface area contributed by atoms with E-state index in [0.29, 0.717) is 6.79 Å². The van der Waals surface area contributed by atoms with Crippen LogP contribution in [0.1, 0.15) is 43.7 Å². The summed E-state index contributed by atoms with van der Waals surface area (Å²) in [5.41, 5.74) is 2.70. The van der Waals surface area contributed by atoms with Gasteiger partial charge in [0.1, 0.15) is 6.79 Å². The van der Waals surface area contributed by atoms with Crippen LogP contribution < -0.4 is 0 Å². The average molecular weight is 562 g/mol. The van der Waals surface area contributed by atoms with Crippen molar-refractivity contribution in [1.29, 1.82) is 0 Å². The van der Waals surface area contributed by atoms with E-state index in [1.165, 1.54) is 18.3 Å². The first-order chi connectivity index (χ1) is 12.0. The monoisotopic (exact) mass is 562 g/mol. The van der Waals surface area contributed by atoms with Gasteiger partial charge >= 0.3 is 0 Å². The first kappa shape index (κ1) is 19.6. The van der Waals surface area contributed by atoms with Gasteiger partial charge in [-0.05, 0) is 112 Å². The van der Waals surface area contributed by atoms with Gasteiger partial charge in [-0.1, -0.05) is 31.2 Å². The molecule has 0 aromatic heterocycles. The number of benzene rings is 2. The van der Waals surface area contributed by atoms with Gasteiger partial charge in [-0.25, -0.2) is 0 Å². The highest BCUT2D eigenvalue weighted by Crippen LogP contribution is 2.49. The summed E-state index contributed by atoms with van der Waals surface area (Å²) in [6.07, 6.45) is 4.26. The lowest BCUT2D eigenvalue weighted by Gasteiger charge is -2.45. The van der Waals surface area contributed by atoms with E-state index in [2.05, 4.69) is 101 Å². The minimum atomic E-state index is -0.233. The number of hydrogen-bond acceptors (Lipinski definition) is 2. The van der Waals surface area contributed by atoms with Gasteiger partial charge in [-0.15, -0.1) is 0 Å². The molecule has 25 heavy (non-hydrogen) atoms. The molecule has 1 saturated carbocycles. The van der Waals surface area contributed by atoms with Gasteiger partial charge in [0, 0.05) is 14.3 Å². The fourth-order valence-electron chi connectivity index (χ4n) is 3.79. The van der Waals surface area contributed by atoms with Gasteiger partial charge in [-0.3, -0.25) is 0 Å². The molecule has 1 aliphatic rings. The summed E-state index contributed by atoms with van der Waals surface area (Å²) in [6.45, 7) is 2.73. The third-order valence-electron chi connectivity index (χ3n) is 5.53. The van der Waals surface area contributed by atoms with E-state index in [4.69, 9.17) is 9.47 Å². The van der Waals surface area contributed by atoms with Crippen molar-refractivity contribution in [3.63, 3.8) is 0 Å². The first-order valence-electron chi connectivity index (χ1n) is 8.62. The van der Waals surface area contributed by atoms with Crippen LogP contribution in [0, 0.1) is 7.14 Å². The molecule has 0 N–H and O–H groups in total. The Balaban J connectivity index is 1.83. The minimum absolute atomic E-state index is 0.216. The van der Waals surface area contributed by atoms with Crippen LogP contribution in [0.4, 0.5) is 0 Å². The van der Waals surface area contributed by atoms with Gasteiger partial charge in [0.15, 0.2) is 0 Å². The maximum Gasteiger partial charge on any atom is 0.147 e. The molecule has 0 aliphatic heterocycles. The summed E-state index contributed by atoms with van der Waals surface area (Å²) in [4.78, 5) is 0. The second kappa shape index (κ2) is 8.23. The molecule has 3 rings (SSSR count). The summed E-state index contributed by atoms with van der Waals surface area (Å²) in [5, 5.41) is 0. The van der Waals surface area contributed by atoms with E-state index in [1.54, 1.807) is 7.11 Å². The third-order valence-corrected chi connectivity index (χ3v) is 6.96. The van der Waals surface area contributed by atoms with Crippen molar-refractivity contribution in [2.24, 2.45) is 0 Å². The third kappa shape index (κ3) is 4.39. The summed E-state index contributed by atoms with van der Waals surface area (Å²) in [7, 11) is 1.69. The van der Waals surface area contributed by atoms with Crippen LogP contribution >= 0.6 is 45.2 Å². The fourth-order valence-corrected chi connectivity index (χ4v) is 4.51. The van der Waals surface area contributed by atoms with E-state index < -0.39 is 0 Å². The van der Waals surface area contributed by atoms with Crippen LogP contribution in [0.2, 0.25) is 0 Å². The number of methoxy groups -OCH3 is 1. The average Bonchev–Trinajstić information content (AvgIpc) is 2.63. The Bertz CT molecular complexity index is 687. The molecule has 1 fully saturated rings. The molecule has 0 amide bonds. The molecule has 2 aromatic carbocycles. The molecule has 0 unspecified atom stereocenters. The largest absolute Gasteiger partial charge is 0.359 e. The van der Waals surface area contributed by atoms with E-state index in [9.17, 15) is 0 Å². The number of rotatable bonds is 5. The number of ether oxygens (including phenoxy) is 2. The summed E-state index contributed by atoms with van der Waals surface area (Å²) >= 11 is 4.72. The number of hydrogen-bond donors (Lipinski definition) is 0. The lowest BCUT2D eigenvalue weighted by atomic mass is 9.65. The van der Waals surface area contributed by atoms with Crippen LogP contribution in [0.3, 0.4) is 0 Å². The van der Waals surface area contributed by atoms with Gasteiger partial charge in [0.25, 0.3) is 0 Å². The zero-order chi connectivity index (χ0) is 17.9. The second-order valence-electron chi connectivity index (χ2n) is 7.12. The summed E-state index contributed by atoms with van der Waals surface area (Å²) < 4.78 is 14.1. The lowest BCUT2D eigenvalue weighted by molar-refractivity contribution is -0.156. The number of halogens is 2. The zero-order valence-corrected chi connectivity index (χ0v) is 19.0. The van der Waals surface area contributed by atoms with Crippen LogP contribution in [0.5, 0.6) is 0 Å². The summed E-state index contributed by atoms with van der Waals surface area (Å²) in [5.74, 6) is 0. The molecule has 0 radical (unpaired) electrons. The van der Waals surface area contributed by atoms with E-state index in [0.717, 1.165) is 25.7 Å². The molecule has 0 spiro atoms. The Morgan fingerprint density at radius 1 is 0.800 bits per heavy atom. The highest BCUT2D eigenvalue weighted by molar-refractivity contribution is 14.1. The van der Waals surface area contributed by atoms with E-state index in [-0.39, 0.29) is 11.0 Å². The fraction of sp³-hybridized carbons (Fsp3) is 0.429. The smallest absolute Gasteiger partial charge is 0.147 e. The Hall–Kier alpha value is -0.180. The quantitative estimate of drug-likeness (QED) is 0.318. The SMILES string of the molecule is COCOC1(c2ccc(I)cc2)CCC(C)(c2ccc(I)cc2)CC1. The Kier molecular flexibility index (Phi) is 6.45. The Labute approximate surface area is 178 Å². The zero-order valence-electron chi connectivity index (χ0n) is 14.7. The van der Waals surface area contributed by atoms with Crippen molar-refractivity contribution in [1.82, 2.24) is 0 Å². The molecule has 0 saturated heterocycles. The lowest BCUT2D eigenvalue weighted by Crippen LogP contribution is -2.40. The van der Waals surface area contributed by atoms with Gasteiger partial charge in [-0.2, -0.15) is 0 Å². The molecular weight excluding hydrogens is 538 g/mol. The molecule has 0 atom stereocenters. The summed E-state index contributed by atoms with van der Waals surface area (Å²) in [6, 6.07) is 17.8. The molecule has 1 aliphatic carbocycles. The highest BCUT2D eigenvalue weighted by atomic mass is 127. The molecule has 2 aromatic rings. The van der Waals surface area contributed by atoms with Crippen molar-refractivity contribution in [2.75, 3.05) is 13.9 Å². The molecule has 0 bridgehead atoms. The van der Waals surface area contributed by atoms with Crippen LogP contribution in [-0.4, -0.2) is 13.9 Å². The normalized spacial score (nSPS) is 26.6. The predicted molar refractivity (Wildman–Crippen MR) is 119 cm³/mol. The molecule has 0 heterocycles. The highest BCUT2D eigenvalue weighted by Gasteiger charge is 2.43. The minimum Gasteiger partial charge on any atom is -0.359 e. The van der Waals surface area contributed by atoms with Gasteiger partial charge in [0.2, 0.25) is 0 Å².